The number of carboxylic acid groups (broad SMARTS) is 1. The van der Waals surface area contributed by atoms with Gasteiger partial charge in [0, 0.05) is 12.0 Å². The summed E-state index contributed by atoms with van der Waals surface area (Å²) in [5.41, 5.74) is 3.60. The smallest absolute Gasteiger partial charge is 0.407 e. The number of anilines is 1. The number of carboxylic acids is 1. The van der Waals surface area contributed by atoms with Gasteiger partial charge >= 0.3 is 12.1 Å². The van der Waals surface area contributed by atoms with Crippen molar-refractivity contribution >= 4 is 29.3 Å². The molecule has 10 nitrogen and oxygen atoms in total. The number of ether oxygens (including phenoxy) is 1. The normalized spacial score (nSPS) is 12.7. The number of hydrogen-bond acceptors (Lipinski definition) is 6. The summed E-state index contributed by atoms with van der Waals surface area (Å²) in [6, 6.07) is 19.4. The van der Waals surface area contributed by atoms with Gasteiger partial charge in [0.1, 0.15) is 18.3 Å². The van der Waals surface area contributed by atoms with Crippen molar-refractivity contribution in [2.45, 2.75) is 18.4 Å². The van der Waals surface area contributed by atoms with Gasteiger partial charge in [-0.2, -0.15) is 0 Å². The van der Waals surface area contributed by atoms with Gasteiger partial charge in [-0.05, 0) is 28.3 Å². The SMILES string of the molecule is O=C(O)CC(NC(=O)OCC1c2ccccc2-c2ccccc21)C(=O)Nc1ccccc1[N+](=O)[O-]. The lowest BCUT2D eigenvalue weighted by molar-refractivity contribution is -0.383. The molecule has 4 rings (SSSR count). The number of nitro benzene ring substituents is 1. The van der Waals surface area contributed by atoms with E-state index >= 15 is 0 Å². The lowest BCUT2D eigenvalue weighted by Gasteiger charge is -2.18. The number of alkyl carbamates (subject to hydrolysis) is 1. The van der Waals surface area contributed by atoms with E-state index < -0.39 is 35.4 Å². The summed E-state index contributed by atoms with van der Waals surface area (Å²) in [6.07, 6.45) is -1.72. The molecular weight excluding hydrogens is 454 g/mol. The van der Waals surface area contributed by atoms with Crippen LogP contribution in [-0.2, 0) is 14.3 Å². The Bertz CT molecular complexity index is 1260. The number of benzene rings is 3. The summed E-state index contributed by atoms with van der Waals surface area (Å²) >= 11 is 0. The Labute approximate surface area is 199 Å². The molecule has 0 bridgehead atoms. The first-order valence-electron chi connectivity index (χ1n) is 10.7. The van der Waals surface area contributed by atoms with E-state index in [0.29, 0.717) is 0 Å². The minimum atomic E-state index is -1.51. The van der Waals surface area contributed by atoms with Crippen LogP contribution >= 0.6 is 0 Å². The Hall–Kier alpha value is -4.73. The average molecular weight is 475 g/mol. The molecule has 1 atom stereocenters. The highest BCUT2D eigenvalue weighted by atomic mass is 16.6. The Morgan fingerprint density at radius 2 is 1.51 bits per heavy atom. The van der Waals surface area contributed by atoms with E-state index in [1.807, 2.05) is 48.5 Å². The van der Waals surface area contributed by atoms with Gasteiger partial charge in [0.2, 0.25) is 5.91 Å². The molecular formula is C25H21N3O7. The molecule has 10 heteroatoms. The molecule has 0 spiro atoms. The second-order valence-corrected chi connectivity index (χ2v) is 7.88. The fourth-order valence-corrected chi connectivity index (χ4v) is 4.12. The Kier molecular flexibility index (Phi) is 6.72. The van der Waals surface area contributed by atoms with Crippen molar-refractivity contribution in [1.82, 2.24) is 5.32 Å². The third kappa shape index (κ3) is 5.11. The zero-order valence-electron chi connectivity index (χ0n) is 18.3. The van der Waals surface area contributed by atoms with Gasteiger partial charge in [-0.25, -0.2) is 4.79 Å². The van der Waals surface area contributed by atoms with E-state index in [-0.39, 0.29) is 23.9 Å². The Morgan fingerprint density at radius 3 is 2.11 bits per heavy atom. The summed E-state index contributed by atoms with van der Waals surface area (Å²) in [5, 5.41) is 25.0. The molecule has 35 heavy (non-hydrogen) atoms. The highest BCUT2D eigenvalue weighted by Crippen LogP contribution is 2.44. The van der Waals surface area contributed by atoms with Crippen LogP contribution < -0.4 is 10.6 Å². The van der Waals surface area contributed by atoms with E-state index in [1.165, 1.54) is 24.3 Å². The molecule has 0 fully saturated rings. The minimum absolute atomic E-state index is 0.0224. The number of carbonyl (C=O) groups excluding carboxylic acids is 2. The van der Waals surface area contributed by atoms with Crippen LogP contribution in [0.3, 0.4) is 0 Å². The zero-order chi connectivity index (χ0) is 24.9. The second kappa shape index (κ2) is 10.0. The van der Waals surface area contributed by atoms with Gasteiger partial charge in [-0.3, -0.25) is 19.7 Å². The first-order chi connectivity index (χ1) is 16.8. The average Bonchev–Trinajstić information content (AvgIpc) is 3.16. The molecule has 0 aromatic heterocycles. The fraction of sp³-hybridized carbons (Fsp3) is 0.160. The van der Waals surface area contributed by atoms with Gasteiger partial charge in [0.15, 0.2) is 0 Å². The number of rotatable bonds is 8. The van der Waals surface area contributed by atoms with Crippen molar-refractivity contribution in [3.63, 3.8) is 0 Å². The second-order valence-electron chi connectivity index (χ2n) is 7.88. The van der Waals surface area contributed by atoms with E-state index in [0.717, 1.165) is 22.3 Å². The van der Waals surface area contributed by atoms with E-state index in [1.54, 1.807) is 0 Å². The number of carbonyl (C=O) groups is 3. The van der Waals surface area contributed by atoms with Crippen molar-refractivity contribution in [1.29, 1.82) is 0 Å². The molecule has 1 aliphatic rings. The third-order valence-electron chi connectivity index (χ3n) is 5.69. The molecule has 178 valence electrons. The van der Waals surface area contributed by atoms with Crippen LogP contribution in [0.4, 0.5) is 16.2 Å². The number of nitrogens with zero attached hydrogens (tertiary/aromatic N) is 1. The molecule has 1 aliphatic carbocycles. The summed E-state index contributed by atoms with van der Waals surface area (Å²) < 4.78 is 5.38. The predicted molar refractivity (Wildman–Crippen MR) is 126 cm³/mol. The molecule has 3 aromatic rings. The molecule has 2 amide bonds. The van der Waals surface area contributed by atoms with Crippen LogP contribution in [0.25, 0.3) is 11.1 Å². The van der Waals surface area contributed by atoms with E-state index in [2.05, 4.69) is 10.6 Å². The van der Waals surface area contributed by atoms with Crippen LogP contribution in [0.15, 0.2) is 72.8 Å². The molecule has 1 unspecified atom stereocenters. The summed E-state index contributed by atoms with van der Waals surface area (Å²) in [7, 11) is 0. The number of aliphatic carboxylic acids is 1. The summed E-state index contributed by atoms with van der Waals surface area (Å²) in [5.74, 6) is -2.48. The Balaban J connectivity index is 1.45. The fourth-order valence-electron chi connectivity index (χ4n) is 4.12. The van der Waals surface area contributed by atoms with Crippen LogP contribution in [0.2, 0.25) is 0 Å². The standard InChI is InChI=1S/C25H21N3O7/c29-23(30)13-21(24(31)26-20-11-5-6-12-22(20)28(33)34)27-25(32)35-14-19-17-9-3-1-7-15(17)16-8-2-4-10-18(16)19/h1-12,19,21H,13-14H2,(H,26,31)(H,27,32)(H,29,30). The van der Waals surface area contributed by atoms with Crippen molar-refractivity contribution < 1.29 is 29.2 Å². The lowest BCUT2D eigenvalue weighted by Crippen LogP contribution is -2.45. The monoisotopic (exact) mass is 475 g/mol. The molecule has 0 radical (unpaired) electrons. The zero-order valence-corrected chi connectivity index (χ0v) is 18.3. The van der Waals surface area contributed by atoms with Crippen LogP contribution in [0, 0.1) is 10.1 Å². The number of fused-ring (bicyclic) bond motifs is 3. The number of hydrogen-bond donors (Lipinski definition) is 3. The number of nitro groups is 1. The predicted octanol–water partition coefficient (Wildman–Crippen LogP) is 3.92. The summed E-state index contributed by atoms with van der Waals surface area (Å²) in [4.78, 5) is 47.0. The lowest BCUT2D eigenvalue weighted by atomic mass is 9.98. The number of para-hydroxylation sites is 2. The topological polar surface area (TPSA) is 148 Å². The summed E-state index contributed by atoms with van der Waals surface area (Å²) in [6.45, 7) is -0.0224. The van der Waals surface area contributed by atoms with Crippen molar-refractivity contribution in [3.8, 4) is 11.1 Å². The van der Waals surface area contributed by atoms with E-state index in [4.69, 9.17) is 4.74 Å². The maximum absolute atomic E-state index is 12.7. The maximum atomic E-state index is 12.7. The van der Waals surface area contributed by atoms with Gasteiger partial charge in [0.05, 0.1) is 11.3 Å². The van der Waals surface area contributed by atoms with Crippen molar-refractivity contribution in [2.75, 3.05) is 11.9 Å². The molecule has 0 aliphatic heterocycles. The van der Waals surface area contributed by atoms with Gasteiger partial charge < -0.3 is 20.5 Å². The number of amides is 2. The quantitative estimate of drug-likeness (QED) is 0.330. The third-order valence-corrected chi connectivity index (χ3v) is 5.69. The van der Waals surface area contributed by atoms with Crippen LogP contribution in [0.5, 0.6) is 0 Å². The molecule has 0 heterocycles. The minimum Gasteiger partial charge on any atom is -0.481 e. The largest absolute Gasteiger partial charge is 0.481 e. The van der Waals surface area contributed by atoms with E-state index in [9.17, 15) is 29.6 Å². The van der Waals surface area contributed by atoms with Gasteiger partial charge in [0.25, 0.3) is 5.69 Å². The molecule has 3 aromatic carbocycles. The highest BCUT2D eigenvalue weighted by Gasteiger charge is 2.30. The first-order valence-corrected chi connectivity index (χ1v) is 10.7. The van der Waals surface area contributed by atoms with Crippen molar-refractivity contribution in [2.24, 2.45) is 0 Å². The van der Waals surface area contributed by atoms with Crippen LogP contribution in [0.1, 0.15) is 23.5 Å². The molecule has 0 saturated heterocycles. The van der Waals surface area contributed by atoms with Crippen molar-refractivity contribution in [3.05, 3.63) is 94.0 Å². The molecule has 0 saturated carbocycles. The Morgan fingerprint density at radius 1 is 0.943 bits per heavy atom. The van der Waals surface area contributed by atoms with Crippen LogP contribution in [-0.4, -0.2) is 40.6 Å². The number of nitrogens with one attached hydrogen (secondary N) is 2. The van der Waals surface area contributed by atoms with Gasteiger partial charge in [-0.15, -0.1) is 0 Å². The highest BCUT2D eigenvalue weighted by molar-refractivity contribution is 5.99. The first kappa shape index (κ1) is 23.4. The van der Waals surface area contributed by atoms with Gasteiger partial charge in [-0.1, -0.05) is 60.7 Å². The molecule has 3 N–H and O–H groups in total. The maximum Gasteiger partial charge on any atom is 0.407 e.